The molecule has 2 N–H and O–H groups in total. The number of phenolic OH excluding ortho intramolecular Hbond substituents is 1. The lowest BCUT2D eigenvalue weighted by Crippen LogP contribution is -2.02. The second-order valence-electron chi connectivity index (χ2n) is 5.96. The molecule has 0 amide bonds. The van der Waals surface area contributed by atoms with Crippen molar-refractivity contribution in [1.29, 1.82) is 0 Å². The normalized spacial score (nSPS) is 10.5. The number of aromatic nitrogens is 1. The summed E-state index contributed by atoms with van der Waals surface area (Å²) < 4.78 is 0. The van der Waals surface area contributed by atoms with E-state index in [1.165, 1.54) is 51.4 Å². The lowest BCUT2D eigenvalue weighted by Gasteiger charge is -2.09. The molecule has 23 heavy (non-hydrogen) atoms. The van der Waals surface area contributed by atoms with E-state index in [9.17, 15) is 5.11 Å². The fourth-order valence-electron chi connectivity index (χ4n) is 2.77. The highest BCUT2D eigenvalue weighted by Gasteiger charge is 2.02. The molecule has 0 spiro atoms. The molecule has 0 aliphatic carbocycles. The summed E-state index contributed by atoms with van der Waals surface area (Å²) in [6.07, 6.45) is 12.5. The number of phenols is 1. The minimum atomic E-state index is 0. The first-order chi connectivity index (χ1) is 10.8. The van der Waals surface area contributed by atoms with Crippen LogP contribution in [0.15, 0.2) is 30.5 Å². The van der Waals surface area contributed by atoms with E-state index in [1.54, 1.807) is 12.1 Å². The Morgan fingerprint density at radius 3 is 2.39 bits per heavy atom. The van der Waals surface area contributed by atoms with Crippen LogP contribution >= 0.6 is 12.4 Å². The number of anilines is 1. The summed E-state index contributed by atoms with van der Waals surface area (Å²) in [4.78, 5) is 4.33. The van der Waals surface area contributed by atoms with Gasteiger partial charge in [0.15, 0.2) is 0 Å². The highest BCUT2D eigenvalue weighted by atomic mass is 35.5. The highest BCUT2D eigenvalue weighted by molar-refractivity contribution is 5.91. The van der Waals surface area contributed by atoms with Crippen molar-refractivity contribution in [2.45, 2.75) is 58.3 Å². The summed E-state index contributed by atoms with van der Waals surface area (Å²) in [6, 6.07) is 7.29. The average Bonchev–Trinajstić information content (AvgIpc) is 2.53. The number of hydrogen-bond acceptors (Lipinski definition) is 3. The van der Waals surface area contributed by atoms with Gasteiger partial charge in [-0.2, -0.15) is 0 Å². The molecule has 0 fully saturated rings. The van der Waals surface area contributed by atoms with Crippen molar-refractivity contribution in [3.8, 4) is 5.75 Å². The van der Waals surface area contributed by atoms with Crippen LogP contribution in [0.2, 0.25) is 0 Å². The summed E-state index contributed by atoms with van der Waals surface area (Å²) in [5, 5.41) is 14.1. The molecular formula is C19H29ClN2O. The summed E-state index contributed by atoms with van der Waals surface area (Å²) in [7, 11) is 0. The van der Waals surface area contributed by atoms with E-state index >= 15 is 0 Å². The predicted octanol–water partition coefficient (Wildman–Crippen LogP) is 5.91. The molecule has 0 bridgehead atoms. The fraction of sp³-hybridized carbons (Fsp3) is 0.526. The summed E-state index contributed by atoms with van der Waals surface area (Å²) in [6.45, 7) is 3.23. The predicted molar refractivity (Wildman–Crippen MR) is 102 cm³/mol. The number of aromatic hydroxyl groups is 1. The van der Waals surface area contributed by atoms with Gasteiger partial charge in [0.25, 0.3) is 0 Å². The standard InChI is InChI=1S/C19H28N2O.ClH/c1-2-3-4-5-6-7-8-9-13-20-19-12-14-21-18-11-10-16(22)15-17(18)19;/h10-12,14-15,22H,2-9,13H2,1H3,(H,20,21);1H. The number of hydrogen-bond donors (Lipinski definition) is 2. The lowest BCUT2D eigenvalue weighted by molar-refractivity contribution is 0.476. The Hall–Kier alpha value is -1.48. The Morgan fingerprint density at radius 2 is 1.65 bits per heavy atom. The third-order valence-corrected chi connectivity index (χ3v) is 4.07. The van der Waals surface area contributed by atoms with Crippen LogP contribution in [-0.2, 0) is 0 Å². The molecular weight excluding hydrogens is 308 g/mol. The second kappa shape index (κ2) is 11.1. The van der Waals surface area contributed by atoms with Crippen molar-refractivity contribution in [2.75, 3.05) is 11.9 Å². The Balaban J connectivity index is 0.00000264. The average molecular weight is 337 g/mol. The summed E-state index contributed by atoms with van der Waals surface area (Å²) >= 11 is 0. The van der Waals surface area contributed by atoms with Crippen LogP contribution in [-0.4, -0.2) is 16.6 Å². The van der Waals surface area contributed by atoms with Crippen LogP contribution in [0.1, 0.15) is 58.3 Å². The van der Waals surface area contributed by atoms with E-state index in [-0.39, 0.29) is 18.2 Å². The number of unbranched alkanes of at least 4 members (excludes halogenated alkanes) is 7. The number of nitrogens with zero attached hydrogens (tertiary/aromatic N) is 1. The summed E-state index contributed by atoms with van der Waals surface area (Å²) in [5.41, 5.74) is 1.97. The van der Waals surface area contributed by atoms with Crippen molar-refractivity contribution in [2.24, 2.45) is 0 Å². The molecule has 1 heterocycles. The topological polar surface area (TPSA) is 45.2 Å². The van der Waals surface area contributed by atoms with Gasteiger partial charge in [0.05, 0.1) is 5.52 Å². The Labute approximate surface area is 145 Å². The lowest BCUT2D eigenvalue weighted by atomic mass is 10.1. The molecule has 1 aromatic carbocycles. The molecule has 0 aliphatic heterocycles. The van der Waals surface area contributed by atoms with Crippen LogP contribution in [0.5, 0.6) is 5.75 Å². The van der Waals surface area contributed by atoms with Crippen LogP contribution in [0.4, 0.5) is 5.69 Å². The molecule has 0 radical (unpaired) electrons. The van der Waals surface area contributed by atoms with Crippen molar-refractivity contribution >= 4 is 29.0 Å². The van der Waals surface area contributed by atoms with E-state index in [1.807, 2.05) is 18.3 Å². The van der Waals surface area contributed by atoms with Gasteiger partial charge in [-0.25, -0.2) is 0 Å². The molecule has 4 heteroatoms. The van der Waals surface area contributed by atoms with E-state index in [4.69, 9.17) is 0 Å². The quantitative estimate of drug-likeness (QED) is 0.530. The van der Waals surface area contributed by atoms with Crippen molar-refractivity contribution in [1.82, 2.24) is 4.98 Å². The van der Waals surface area contributed by atoms with Gasteiger partial charge in [-0.1, -0.05) is 51.9 Å². The maximum atomic E-state index is 9.63. The number of nitrogens with one attached hydrogen (secondary N) is 1. The Morgan fingerprint density at radius 1 is 0.957 bits per heavy atom. The zero-order valence-electron chi connectivity index (χ0n) is 14.1. The molecule has 128 valence electrons. The molecule has 0 atom stereocenters. The molecule has 1 aromatic heterocycles. The Bertz CT molecular complexity index is 574. The monoisotopic (exact) mass is 336 g/mol. The maximum Gasteiger partial charge on any atom is 0.116 e. The van der Waals surface area contributed by atoms with E-state index < -0.39 is 0 Å². The molecule has 3 nitrogen and oxygen atoms in total. The minimum absolute atomic E-state index is 0. The van der Waals surface area contributed by atoms with Crippen LogP contribution in [0, 0.1) is 0 Å². The highest BCUT2D eigenvalue weighted by Crippen LogP contribution is 2.25. The minimum Gasteiger partial charge on any atom is -0.508 e. The van der Waals surface area contributed by atoms with Gasteiger partial charge in [0.1, 0.15) is 5.75 Å². The third kappa shape index (κ3) is 6.66. The smallest absolute Gasteiger partial charge is 0.116 e. The first-order valence-corrected chi connectivity index (χ1v) is 8.63. The molecule has 2 aromatic rings. The molecule has 0 saturated carbocycles. The molecule has 0 aliphatic rings. The van der Waals surface area contributed by atoms with Crippen LogP contribution in [0.3, 0.4) is 0 Å². The maximum absolute atomic E-state index is 9.63. The van der Waals surface area contributed by atoms with E-state index in [0.29, 0.717) is 0 Å². The fourth-order valence-corrected chi connectivity index (χ4v) is 2.77. The number of fused-ring (bicyclic) bond motifs is 1. The number of pyridine rings is 1. The first-order valence-electron chi connectivity index (χ1n) is 8.63. The summed E-state index contributed by atoms with van der Waals surface area (Å²) in [5.74, 6) is 0.288. The van der Waals surface area contributed by atoms with Gasteiger partial charge in [-0.05, 0) is 30.7 Å². The van der Waals surface area contributed by atoms with Gasteiger partial charge in [0.2, 0.25) is 0 Å². The first kappa shape index (κ1) is 19.6. The van der Waals surface area contributed by atoms with E-state index in [2.05, 4.69) is 17.2 Å². The second-order valence-corrected chi connectivity index (χ2v) is 5.96. The van der Waals surface area contributed by atoms with Gasteiger partial charge in [-0.15, -0.1) is 12.4 Å². The van der Waals surface area contributed by atoms with Crippen LogP contribution < -0.4 is 5.32 Å². The zero-order chi connectivity index (χ0) is 15.6. The molecule has 2 rings (SSSR count). The largest absolute Gasteiger partial charge is 0.508 e. The molecule has 0 unspecified atom stereocenters. The van der Waals surface area contributed by atoms with Crippen molar-refractivity contribution < 1.29 is 5.11 Å². The number of benzene rings is 1. The third-order valence-electron chi connectivity index (χ3n) is 4.07. The zero-order valence-corrected chi connectivity index (χ0v) is 14.9. The van der Waals surface area contributed by atoms with Gasteiger partial charge >= 0.3 is 0 Å². The molecule has 0 saturated heterocycles. The van der Waals surface area contributed by atoms with Crippen molar-refractivity contribution in [3.05, 3.63) is 30.5 Å². The van der Waals surface area contributed by atoms with Gasteiger partial charge in [-0.3, -0.25) is 4.98 Å². The van der Waals surface area contributed by atoms with Crippen LogP contribution in [0.25, 0.3) is 10.9 Å². The number of halogens is 1. The van der Waals surface area contributed by atoms with Gasteiger partial charge < -0.3 is 10.4 Å². The number of rotatable bonds is 10. The van der Waals surface area contributed by atoms with Gasteiger partial charge in [0, 0.05) is 23.8 Å². The SMILES string of the molecule is CCCCCCCCCCNc1ccnc2ccc(O)cc12.Cl. The Kier molecular flexibility index (Phi) is 9.46. The van der Waals surface area contributed by atoms with Crippen molar-refractivity contribution in [3.63, 3.8) is 0 Å². The van der Waals surface area contributed by atoms with E-state index in [0.717, 1.165) is 23.1 Å².